The molecule has 1 aromatic heterocycles. The molecule has 1 amide bonds. The van der Waals surface area contributed by atoms with Crippen molar-refractivity contribution in [2.75, 3.05) is 0 Å². The van der Waals surface area contributed by atoms with E-state index in [1.165, 1.54) is 23.5 Å². The second-order valence-corrected chi connectivity index (χ2v) is 9.98. The van der Waals surface area contributed by atoms with Crippen molar-refractivity contribution in [2.45, 2.75) is 30.3 Å². The summed E-state index contributed by atoms with van der Waals surface area (Å²) in [6, 6.07) is 4.33. The van der Waals surface area contributed by atoms with Gasteiger partial charge in [0, 0.05) is 20.8 Å². The highest BCUT2D eigenvalue weighted by Crippen LogP contribution is 2.30. The van der Waals surface area contributed by atoms with E-state index in [0.29, 0.717) is 6.54 Å². The summed E-state index contributed by atoms with van der Waals surface area (Å²) in [6.07, 6.45) is 1.60. The first kappa shape index (κ1) is 19.1. The topological polar surface area (TPSA) is 75.3 Å². The lowest BCUT2D eigenvalue weighted by molar-refractivity contribution is 0.0951. The highest BCUT2D eigenvalue weighted by atomic mass is 79.9. The van der Waals surface area contributed by atoms with Crippen LogP contribution >= 0.6 is 50.5 Å². The molecule has 0 spiro atoms. The van der Waals surface area contributed by atoms with Crippen LogP contribution in [0.4, 0.5) is 0 Å². The lowest BCUT2D eigenvalue weighted by Gasteiger charge is -2.11. The van der Waals surface area contributed by atoms with Gasteiger partial charge in [0.2, 0.25) is 10.0 Å². The first-order valence-corrected chi connectivity index (χ1v) is 11.2. The van der Waals surface area contributed by atoms with Crippen LogP contribution in [0.1, 0.15) is 28.1 Å². The van der Waals surface area contributed by atoms with Gasteiger partial charge in [-0.1, -0.05) is 23.2 Å². The third-order valence-corrected chi connectivity index (χ3v) is 7.50. The maximum atomic E-state index is 12.4. The Balaban J connectivity index is 1.82. The van der Waals surface area contributed by atoms with Crippen LogP contribution in [0.25, 0.3) is 0 Å². The molecular weight excluding hydrogens is 471 g/mol. The second-order valence-electron chi connectivity index (χ2n) is 5.57. The smallest absolute Gasteiger partial charge is 0.253 e. The van der Waals surface area contributed by atoms with Crippen molar-refractivity contribution in [3.8, 4) is 0 Å². The molecule has 1 aliphatic rings. The molecule has 0 aliphatic heterocycles. The van der Waals surface area contributed by atoms with Crippen LogP contribution in [-0.4, -0.2) is 20.4 Å². The number of nitrogens with one attached hydrogen (secondary N) is 2. The average Bonchev–Trinajstić information content (AvgIpc) is 3.22. The summed E-state index contributed by atoms with van der Waals surface area (Å²) < 4.78 is 28.3. The van der Waals surface area contributed by atoms with E-state index < -0.39 is 15.9 Å². The molecule has 0 radical (unpaired) electrons. The van der Waals surface area contributed by atoms with E-state index >= 15 is 0 Å². The Morgan fingerprint density at radius 2 is 1.96 bits per heavy atom. The molecule has 3 rings (SSSR count). The largest absolute Gasteiger partial charge is 0.347 e. The summed E-state index contributed by atoms with van der Waals surface area (Å²) in [5, 5.41) is 4.72. The van der Waals surface area contributed by atoms with Gasteiger partial charge >= 0.3 is 0 Å². The van der Waals surface area contributed by atoms with Gasteiger partial charge in [0.25, 0.3) is 5.91 Å². The van der Waals surface area contributed by atoms with Crippen LogP contribution in [0, 0.1) is 0 Å². The summed E-state index contributed by atoms with van der Waals surface area (Å²) in [5.41, 5.74) is 0.0675. The Hall–Kier alpha value is -0.640. The van der Waals surface area contributed by atoms with Crippen molar-refractivity contribution < 1.29 is 13.2 Å². The van der Waals surface area contributed by atoms with Crippen LogP contribution in [0.3, 0.4) is 0 Å². The van der Waals surface area contributed by atoms with Gasteiger partial charge in [-0.25, -0.2) is 13.1 Å². The van der Waals surface area contributed by atoms with E-state index in [1.807, 2.05) is 11.4 Å². The zero-order chi connectivity index (χ0) is 18.2. The maximum absolute atomic E-state index is 12.4. The number of carbonyl (C=O) groups is 1. The summed E-state index contributed by atoms with van der Waals surface area (Å²) in [6.45, 7) is 0.316. The summed E-state index contributed by atoms with van der Waals surface area (Å²) in [4.78, 5) is 13.2. The molecule has 1 heterocycles. The van der Waals surface area contributed by atoms with Gasteiger partial charge < -0.3 is 5.32 Å². The van der Waals surface area contributed by atoms with Gasteiger partial charge in [0.15, 0.2) is 0 Å². The van der Waals surface area contributed by atoms with Crippen molar-refractivity contribution in [1.29, 1.82) is 0 Å². The van der Waals surface area contributed by atoms with Gasteiger partial charge in [0.1, 0.15) is 4.90 Å². The highest BCUT2D eigenvalue weighted by molar-refractivity contribution is 9.10. The minimum absolute atomic E-state index is 0.0168. The van der Waals surface area contributed by atoms with Crippen molar-refractivity contribution in [3.05, 3.63) is 48.5 Å². The van der Waals surface area contributed by atoms with Crippen molar-refractivity contribution in [2.24, 2.45) is 0 Å². The van der Waals surface area contributed by atoms with Gasteiger partial charge in [0.05, 0.1) is 22.2 Å². The number of halogens is 3. The predicted octanol–water partition coefficient (Wildman–Crippen LogP) is 4.19. The number of benzene rings is 1. The Labute approximate surface area is 167 Å². The Kier molecular flexibility index (Phi) is 5.77. The minimum atomic E-state index is -3.79. The molecule has 1 aromatic carbocycles. The fourth-order valence-electron chi connectivity index (χ4n) is 2.10. The monoisotopic (exact) mass is 482 g/mol. The standard InChI is InChI=1S/C15H13BrCl2N2O3S2/c16-8-3-10(24-7-8)6-19-15(21)11-4-14(13(18)5-12(11)17)25(22,23)20-9-1-2-9/h3-5,7,9,20H,1-2,6H2,(H,19,21). The average molecular weight is 484 g/mol. The van der Waals surface area contributed by atoms with E-state index in [-0.39, 0.29) is 26.5 Å². The number of carbonyl (C=O) groups excluding carboxylic acids is 1. The molecule has 0 unspecified atom stereocenters. The Morgan fingerprint density at radius 3 is 2.56 bits per heavy atom. The normalized spacial score (nSPS) is 14.5. The van der Waals surface area contributed by atoms with Crippen molar-refractivity contribution in [1.82, 2.24) is 10.0 Å². The molecule has 1 fully saturated rings. The summed E-state index contributed by atoms with van der Waals surface area (Å²) in [5.74, 6) is -0.464. The minimum Gasteiger partial charge on any atom is -0.347 e. The molecule has 1 aliphatic carbocycles. The van der Waals surface area contributed by atoms with Gasteiger partial charge in [-0.2, -0.15) is 0 Å². The van der Waals surface area contributed by atoms with Crippen LogP contribution < -0.4 is 10.0 Å². The lowest BCUT2D eigenvalue weighted by Crippen LogP contribution is -2.27. The number of hydrogen-bond donors (Lipinski definition) is 2. The molecule has 134 valence electrons. The Bertz CT molecular complexity index is 927. The van der Waals surface area contributed by atoms with Crippen LogP contribution in [-0.2, 0) is 16.6 Å². The number of sulfonamides is 1. The third-order valence-electron chi connectivity index (χ3n) is 3.50. The summed E-state index contributed by atoms with van der Waals surface area (Å²) in [7, 11) is -3.79. The number of rotatable bonds is 6. The predicted molar refractivity (Wildman–Crippen MR) is 103 cm³/mol. The lowest BCUT2D eigenvalue weighted by atomic mass is 10.2. The fourth-order valence-corrected chi connectivity index (χ4v) is 5.66. The van der Waals surface area contributed by atoms with E-state index in [2.05, 4.69) is 26.0 Å². The third kappa shape index (κ3) is 4.75. The van der Waals surface area contributed by atoms with Gasteiger partial charge in [-0.3, -0.25) is 4.79 Å². The molecule has 2 N–H and O–H groups in total. The summed E-state index contributed by atoms with van der Waals surface area (Å²) >= 11 is 17.0. The van der Waals surface area contributed by atoms with Crippen molar-refractivity contribution in [3.63, 3.8) is 0 Å². The van der Waals surface area contributed by atoms with Gasteiger partial charge in [-0.05, 0) is 47.0 Å². The second kappa shape index (κ2) is 7.54. The van der Waals surface area contributed by atoms with Crippen molar-refractivity contribution >= 4 is 66.4 Å². The maximum Gasteiger partial charge on any atom is 0.253 e. The molecule has 10 heteroatoms. The van der Waals surface area contributed by atoms with E-state index in [4.69, 9.17) is 23.2 Å². The first-order chi connectivity index (χ1) is 11.8. The SMILES string of the molecule is O=C(NCc1cc(Br)cs1)c1cc(S(=O)(=O)NC2CC2)c(Cl)cc1Cl. The highest BCUT2D eigenvalue weighted by Gasteiger charge is 2.30. The van der Waals surface area contributed by atoms with E-state index in [1.54, 1.807) is 0 Å². The molecule has 5 nitrogen and oxygen atoms in total. The molecule has 2 aromatic rings. The molecular formula is C15H13BrCl2N2O3S2. The molecule has 0 saturated heterocycles. The zero-order valence-corrected chi connectivity index (χ0v) is 17.4. The molecule has 0 bridgehead atoms. The quantitative estimate of drug-likeness (QED) is 0.646. The number of amides is 1. The van der Waals surface area contributed by atoms with Crippen LogP contribution in [0.5, 0.6) is 0 Å². The van der Waals surface area contributed by atoms with Crippen LogP contribution in [0.2, 0.25) is 10.0 Å². The molecule has 25 heavy (non-hydrogen) atoms. The van der Waals surface area contributed by atoms with Gasteiger partial charge in [-0.15, -0.1) is 11.3 Å². The van der Waals surface area contributed by atoms with Crippen LogP contribution in [0.15, 0.2) is 32.9 Å². The first-order valence-electron chi connectivity index (χ1n) is 7.29. The van der Waals surface area contributed by atoms with E-state index in [0.717, 1.165) is 22.2 Å². The zero-order valence-electron chi connectivity index (χ0n) is 12.7. The molecule has 0 atom stereocenters. The van der Waals surface area contributed by atoms with E-state index in [9.17, 15) is 13.2 Å². The number of hydrogen-bond acceptors (Lipinski definition) is 4. The fraction of sp³-hybridized carbons (Fsp3) is 0.267. The number of thiophene rings is 1. The molecule has 1 saturated carbocycles. The Morgan fingerprint density at radius 1 is 1.24 bits per heavy atom.